The van der Waals surface area contributed by atoms with Gasteiger partial charge in [0, 0.05) is 6.04 Å². The smallest absolute Gasteiger partial charge is 0.201 e. The van der Waals surface area contributed by atoms with Crippen molar-refractivity contribution in [1.29, 1.82) is 0 Å². The molecule has 2 aromatic rings. The van der Waals surface area contributed by atoms with Gasteiger partial charge in [-0.1, -0.05) is 19.4 Å². The predicted octanol–water partition coefficient (Wildman–Crippen LogP) is 3.77. The lowest BCUT2D eigenvalue weighted by atomic mass is 10.2. The summed E-state index contributed by atoms with van der Waals surface area (Å²) in [6.45, 7) is 6.29. The number of nitrogen functional groups attached to an aromatic ring is 1. The van der Waals surface area contributed by atoms with E-state index in [-0.39, 0.29) is 6.10 Å². The summed E-state index contributed by atoms with van der Waals surface area (Å²) >= 11 is 0. The van der Waals surface area contributed by atoms with E-state index in [4.69, 9.17) is 10.5 Å². The first kappa shape index (κ1) is 13.3. The van der Waals surface area contributed by atoms with Crippen LogP contribution in [0.25, 0.3) is 11.0 Å². The zero-order valence-electron chi connectivity index (χ0n) is 12.5. The van der Waals surface area contributed by atoms with E-state index in [1.165, 1.54) is 19.3 Å². The van der Waals surface area contributed by atoms with E-state index in [2.05, 4.69) is 22.5 Å². The summed E-state index contributed by atoms with van der Waals surface area (Å²) < 4.78 is 8.04. The SMILES string of the molecule is CCCC1CC1n1c(N)nc2c(OC(C)C)cccc21. The molecule has 1 heterocycles. The van der Waals surface area contributed by atoms with Crippen molar-refractivity contribution >= 4 is 17.0 Å². The van der Waals surface area contributed by atoms with E-state index in [0.717, 1.165) is 22.7 Å². The number of imidazole rings is 1. The number of rotatable bonds is 5. The first-order chi connectivity index (χ1) is 9.61. The van der Waals surface area contributed by atoms with E-state index in [9.17, 15) is 0 Å². The molecule has 1 aromatic carbocycles. The lowest BCUT2D eigenvalue weighted by Gasteiger charge is -2.10. The highest BCUT2D eigenvalue weighted by Gasteiger charge is 2.39. The van der Waals surface area contributed by atoms with Crippen LogP contribution in [0, 0.1) is 5.92 Å². The Balaban J connectivity index is 2.00. The molecule has 1 aliphatic rings. The molecule has 2 N–H and O–H groups in total. The van der Waals surface area contributed by atoms with Gasteiger partial charge in [-0.05, 0) is 44.7 Å². The van der Waals surface area contributed by atoms with Gasteiger partial charge in [-0.3, -0.25) is 0 Å². The van der Waals surface area contributed by atoms with E-state index < -0.39 is 0 Å². The number of hydrogen-bond donors (Lipinski definition) is 1. The molecule has 3 rings (SSSR count). The first-order valence-electron chi connectivity index (χ1n) is 7.55. The molecule has 1 aliphatic carbocycles. The van der Waals surface area contributed by atoms with Crippen LogP contribution in [0.3, 0.4) is 0 Å². The minimum atomic E-state index is 0.140. The van der Waals surface area contributed by atoms with E-state index in [1.807, 2.05) is 26.0 Å². The van der Waals surface area contributed by atoms with Gasteiger partial charge in [0.1, 0.15) is 11.3 Å². The lowest BCUT2D eigenvalue weighted by Crippen LogP contribution is -2.05. The number of hydrogen-bond acceptors (Lipinski definition) is 3. The predicted molar refractivity (Wildman–Crippen MR) is 82.0 cm³/mol. The fourth-order valence-electron chi connectivity index (χ4n) is 3.04. The van der Waals surface area contributed by atoms with Gasteiger partial charge in [0.15, 0.2) is 0 Å². The second-order valence-corrected chi connectivity index (χ2v) is 5.98. The van der Waals surface area contributed by atoms with E-state index in [0.29, 0.717) is 12.0 Å². The summed E-state index contributed by atoms with van der Waals surface area (Å²) in [5.74, 6) is 2.20. The highest BCUT2D eigenvalue weighted by atomic mass is 16.5. The Kier molecular flexibility index (Phi) is 3.32. The Morgan fingerprint density at radius 3 is 2.95 bits per heavy atom. The molecule has 2 atom stereocenters. The van der Waals surface area contributed by atoms with Crippen molar-refractivity contribution in [1.82, 2.24) is 9.55 Å². The Bertz CT molecular complexity index is 617. The molecule has 1 fully saturated rings. The van der Waals surface area contributed by atoms with E-state index >= 15 is 0 Å². The van der Waals surface area contributed by atoms with Gasteiger partial charge >= 0.3 is 0 Å². The highest BCUT2D eigenvalue weighted by Crippen LogP contribution is 2.49. The second kappa shape index (κ2) is 5.00. The Morgan fingerprint density at radius 2 is 2.25 bits per heavy atom. The number of fused-ring (bicyclic) bond motifs is 1. The Labute approximate surface area is 119 Å². The van der Waals surface area contributed by atoms with Crippen LogP contribution in [-0.4, -0.2) is 15.7 Å². The van der Waals surface area contributed by atoms with Gasteiger partial charge in [-0.25, -0.2) is 4.98 Å². The maximum absolute atomic E-state index is 6.15. The molecular weight excluding hydrogens is 250 g/mol. The minimum absolute atomic E-state index is 0.140. The van der Waals surface area contributed by atoms with Crippen LogP contribution in [0.4, 0.5) is 5.95 Å². The van der Waals surface area contributed by atoms with Crippen LogP contribution < -0.4 is 10.5 Å². The molecule has 0 saturated heterocycles. The summed E-state index contributed by atoms with van der Waals surface area (Å²) in [4.78, 5) is 4.54. The summed E-state index contributed by atoms with van der Waals surface area (Å²) in [5.41, 5.74) is 8.14. The van der Waals surface area contributed by atoms with Crippen LogP contribution in [0.1, 0.15) is 46.1 Å². The Hall–Kier alpha value is -1.71. The first-order valence-corrected chi connectivity index (χ1v) is 7.55. The average Bonchev–Trinajstić information content (AvgIpc) is 3.03. The summed E-state index contributed by atoms with van der Waals surface area (Å²) in [6.07, 6.45) is 3.86. The highest BCUT2D eigenvalue weighted by molar-refractivity contribution is 5.84. The van der Waals surface area contributed by atoms with Crippen molar-refractivity contribution in [2.75, 3.05) is 5.73 Å². The van der Waals surface area contributed by atoms with Crippen molar-refractivity contribution in [2.24, 2.45) is 5.92 Å². The Morgan fingerprint density at radius 1 is 1.45 bits per heavy atom. The molecule has 4 nitrogen and oxygen atoms in total. The van der Waals surface area contributed by atoms with Crippen LogP contribution in [0.5, 0.6) is 5.75 Å². The lowest BCUT2D eigenvalue weighted by molar-refractivity contribution is 0.245. The van der Waals surface area contributed by atoms with Gasteiger partial charge in [-0.15, -0.1) is 0 Å². The molecule has 2 unspecified atom stereocenters. The van der Waals surface area contributed by atoms with Crippen LogP contribution in [0.2, 0.25) is 0 Å². The van der Waals surface area contributed by atoms with Gasteiger partial charge in [0.25, 0.3) is 0 Å². The van der Waals surface area contributed by atoms with Crippen LogP contribution in [0.15, 0.2) is 18.2 Å². The molecule has 0 bridgehead atoms. The maximum atomic E-state index is 6.15. The largest absolute Gasteiger partial charge is 0.489 e. The molecule has 0 radical (unpaired) electrons. The van der Waals surface area contributed by atoms with Gasteiger partial charge < -0.3 is 15.0 Å². The number of benzene rings is 1. The average molecular weight is 273 g/mol. The molecule has 1 aromatic heterocycles. The molecule has 1 saturated carbocycles. The number of aromatic nitrogens is 2. The van der Waals surface area contributed by atoms with Crippen LogP contribution >= 0.6 is 0 Å². The topological polar surface area (TPSA) is 53.1 Å². The van der Waals surface area contributed by atoms with Crippen molar-refractivity contribution in [3.05, 3.63) is 18.2 Å². The summed E-state index contributed by atoms with van der Waals surface area (Å²) in [5, 5.41) is 0. The molecule has 108 valence electrons. The number of ether oxygens (including phenoxy) is 1. The van der Waals surface area contributed by atoms with Gasteiger partial charge in [0.2, 0.25) is 5.95 Å². The van der Waals surface area contributed by atoms with Crippen molar-refractivity contribution in [3.8, 4) is 5.75 Å². The minimum Gasteiger partial charge on any atom is -0.489 e. The van der Waals surface area contributed by atoms with Crippen LogP contribution in [-0.2, 0) is 0 Å². The fourth-order valence-corrected chi connectivity index (χ4v) is 3.04. The van der Waals surface area contributed by atoms with E-state index in [1.54, 1.807) is 0 Å². The third kappa shape index (κ3) is 2.23. The number of nitrogens with zero attached hydrogens (tertiary/aromatic N) is 2. The maximum Gasteiger partial charge on any atom is 0.201 e. The summed E-state index contributed by atoms with van der Waals surface area (Å²) in [6, 6.07) is 6.60. The third-order valence-corrected chi connectivity index (χ3v) is 3.95. The molecule has 0 aliphatic heterocycles. The number of anilines is 1. The van der Waals surface area contributed by atoms with Crippen molar-refractivity contribution < 1.29 is 4.74 Å². The molecular formula is C16H23N3O. The number of nitrogens with two attached hydrogens (primary N) is 1. The van der Waals surface area contributed by atoms with Crippen molar-refractivity contribution in [2.45, 2.75) is 52.2 Å². The zero-order chi connectivity index (χ0) is 14.3. The monoisotopic (exact) mass is 273 g/mol. The quantitative estimate of drug-likeness (QED) is 0.902. The normalized spacial score (nSPS) is 21.6. The zero-order valence-corrected chi connectivity index (χ0v) is 12.5. The molecule has 20 heavy (non-hydrogen) atoms. The van der Waals surface area contributed by atoms with Gasteiger partial charge in [0.05, 0.1) is 11.6 Å². The molecule has 4 heteroatoms. The second-order valence-electron chi connectivity index (χ2n) is 5.98. The molecule has 0 amide bonds. The van der Waals surface area contributed by atoms with Gasteiger partial charge in [-0.2, -0.15) is 0 Å². The third-order valence-electron chi connectivity index (χ3n) is 3.95. The molecule has 0 spiro atoms. The standard InChI is InChI=1S/C16H23N3O/c1-4-6-11-9-13(11)19-12-7-5-8-14(20-10(2)3)15(12)18-16(19)17/h5,7-8,10-11,13H,4,6,9H2,1-3H3,(H2,17,18). The summed E-state index contributed by atoms with van der Waals surface area (Å²) in [7, 11) is 0. The van der Waals surface area contributed by atoms with Crippen molar-refractivity contribution in [3.63, 3.8) is 0 Å². The fraction of sp³-hybridized carbons (Fsp3) is 0.562. The number of para-hydroxylation sites is 1.